The van der Waals surface area contributed by atoms with Crippen LogP contribution in [0.5, 0.6) is 5.75 Å². The summed E-state index contributed by atoms with van der Waals surface area (Å²) in [5.41, 5.74) is 1.25. The highest BCUT2D eigenvalue weighted by molar-refractivity contribution is 6.05. The summed E-state index contributed by atoms with van der Waals surface area (Å²) in [4.78, 5) is 18.4. The number of allylic oxidation sites excluding steroid dienone is 1. The zero-order valence-electron chi connectivity index (χ0n) is 13.3. The molecule has 1 aliphatic rings. The first-order chi connectivity index (χ1) is 11.0. The van der Waals surface area contributed by atoms with E-state index < -0.39 is 0 Å². The van der Waals surface area contributed by atoms with Gasteiger partial charge in [-0.15, -0.1) is 0 Å². The Morgan fingerprint density at radius 2 is 2.22 bits per heavy atom. The third-order valence-corrected chi connectivity index (χ3v) is 3.61. The lowest BCUT2D eigenvalue weighted by molar-refractivity contribution is 0.0970. The molecule has 1 heterocycles. The van der Waals surface area contributed by atoms with Crippen molar-refractivity contribution in [1.29, 1.82) is 0 Å². The highest BCUT2D eigenvalue weighted by atomic mass is 16.5. The van der Waals surface area contributed by atoms with Crippen LogP contribution in [0.3, 0.4) is 0 Å². The van der Waals surface area contributed by atoms with E-state index in [0.717, 1.165) is 0 Å². The standard InChI is InChI=1S/C17H20N4O2/c1-20(2)11-15(16(22)17-19-8-9-21(17)18)23-14-5-3-4-13(10-14)12-6-7-12/h3-5,8-12H,6-7,18H2,1-2H3. The molecular weight excluding hydrogens is 292 g/mol. The number of aromatic nitrogens is 2. The van der Waals surface area contributed by atoms with E-state index in [-0.39, 0.29) is 17.4 Å². The van der Waals surface area contributed by atoms with Crippen molar-refractivity contribution >= 4 is 5.78 Å². The molecule has 0 aliphatic heterocycles. The number of nitrogen functional groups attached to an aromatic ring is 1. The Labute approximate surface area is 135 Å². The fourth-order valence-electron chi connectivity index (χ4n) is 2.34. The first kappa shape index (κ1) is 15.1. The summed E-state index contributed by atoms with van der Waals surface area (Å²) in [6.07, 6.45) is 7.06. The minimum atomic E-state index is -0.358. The van der Waals surface area contributed by atoms with Crippen LogP contribution in [-0.4, -0.2) is 34.4 Å². The van der Waals surface area contributed by atoms with Crippen molar-refractivity contribution in [1.82, 2.24) is 14.6 Å². The second-order valence-electron chi connectivity index (χ2n) is 5.89. The summed E-state index contributed by atoms with van der Waals surface area (Å²) in [7, 11) is 3.65. The molecule has 6 heteroatoms. The Morgan fingerprint density at radius 1 is 1.43 bits per heavy atom. The van der Waals surface area contributed by atoms with Crippen LogP contribution in [0.25, 0.3) is 0 Å². The lowest BCUT2D eigenvalue weighted by Gasteiger charge is -2.13. The SMILES string of the molecule is CN(C)C=C(Oc1cccc(C2CC2)c1)C(=O)c1nccn1N. The van der Waals surface area contributed by atoms with Gasteiger partial charge in [0.2, 0.25) is 5.82 Å². The van der Waals surface area contributed by atoms with Crippen LogP contribution in [0.2, 0.25) is 0 Å². The number of benzene rings is 1. The van der Waals surface area contributed by atoms with E-state index in [1.165, 1.54) is 35.5 Å². The molecule has 2 N–H and O–H groups in total. The Bertz CT molecular complexity index is 745. The minimum absolute atomic E-state index is 0.136. The molecule has 120 valence electrons. The second kappa shape index (κ2) is 6.16. The lowest BCUT2D eigenvalue weighted by Crippen LogP contribution is -2.21. The van der Waals surface area contributed by atoms with E-state index in [1.807, 2.05) is 32.3 Å². The number of ether oxygens (including phenoxy) is 1. The number of nitrogens with two attached hydrogens (primary N) is 1. The average molecular weight is 312 g/mol. The van der Waals surface area contributed by atoms with Crippen LogP contribution < -0.4 is 10.6 Å². The predicted octanol–water partition coefficient (Wildman–Crippen LogP) is 2.14. The van der Waals surface area contributed by atoms with Crippen LogP contribution in [-0.2, 0) is 0 Å². The van der Waals surface area contributed by atoms with Crippen LogP contribution in [0.4, 0.5) is 0 Å². The van der Waals surface area contributed by atoms with Crippen LogP contribution in [0, 0.1) is 0 Å². The van der Waals surface area contributed by atoms with Crippen molar-refractivity contribution in [2.45, 2.75) is 18.8 Å². The second-order valence-corrected chi connectivity index (χ2v) is 5.89. The Kier molecular flexibility index (Phi) is 4.06. The fraction of sp³-hybridized carbons (Fsp3) is 0.294. The fourth-order valence-corrected chi connectivity index (χ4v) is 2.34. The van der Waals surface area contributed by atoms with E-state index >= 15 is 0 Å². The largest absolute Gasteiger partial charge is 0.452 e. The molecule has 1 aromatic carbocycles. The molecule has 3 rings (SSSR count). The molecule has 1 saturated carbocycles. The number of hydrogen-bond donors (Lipinski definition) is 1. The first-order valence-electron chi connectivity index (χ1n) is 7.54. The van der Waals surface area contributed by atoms with Gasteiger partial charge in [0, 0.05) is 32.7 Å². The van der Waals surface area contributed by atoms with Gasteiger partial charge >= 0.3 is 0 Å². The van der Waals surface area contributed by atoms with Crippen molar-refractivity contribution in [3.63, 3.8) is 0 Å². The molecule has 0 spiro atoms. The lowest BCUT2D eigenvalue weighted by atomic mass is 10.1. The molecule has 1 fully saturated rings. The van der Waals surface area contributed by atoms with Gasteiger partial charge in [-0.2, -0.15) is 0 Å². The molecule has 0 unspecified atom stereocenters. The predicted molar refractivity (Wildman–Crippen MR) is 87.5 cm³/mol. The van der Waals surface area contributed by atoms with E-state index in [1.54, 1.807) is 11.1 Å². The Balaban J connectivity index is 1.86. The molecule has 6 nitrogen and oxygen atoms in total. The van der Waals surface area contributed by atoms with Crippen molar-refractivity contribution in [2.75, 3.05) is 19.9 Å². The number of carbonyl (C=O) groups is 1. The van der Waals surface area contributed by atoms with E-state index in [2.05, 4.69) is 11.1 Å². The molecule has 0 amide bonds. The number of ketones is 1. The molecule has 0 saturated heterocycles. The number of imidazole rings is 1. The number of nitrogens with zero attached hydrogens (tertiary/aromatic N) is 3. The Hall–Kier alpha value is -2.76. The molecular formula is C17H20N4O2. The number of Topliss-reactive ketones (excluding diaryl/α,β-unsaturated/α-hetero) is 1. The molecule has 0 radical (unpaired) electrons. The van der Waals surface area contributed by atoms with Crippen LogP contribution in [0.1, 0.15) is 34.9 Å². The van der Waals surface area contributed by atoms with E-state index in [9.17, 15) is 4.79 Å². The molecule has 23 heavy (non-hydrogen) atoms. The quantitative estimate of drug-likeness (QED) is 0.383. The number of carbonyl (C=O) groups excluding carboxylic acids is 1. The molecule has 0 atom stereocenters. The van der Waals surface area contributed by atoms with Crippen LogP contribution in [0.15, 0.2) is 48.6 Å². The molecule has 2 aromatic rings. The third kappa shape index (κ3) is 3.53. The highest BCUT2D eigenvalue weighted by Gasteiger charge is 2.24. The van der Waals surface area contributed by atoms with Crippen LogP contribution >= 0.6 is 0 Å². The number of rotatable bonds is 6. The highest BCUT2D eigenvalue weighted by Crippen LogP contribution is 2.41. The van der Waals surface area contributed by atoms with Crippen molar-refractivity contribution in [3.8, 4) is 5.75 Å². The van der Waals surface area contributed by atoms with E-state index in [0.29, 0.717) is 11.7 Å². The zero-order chi connectivity index (χ0) is 16.4. The van der Waals surface area contributed by atoms with Gasteiger partial charge in [0.25, 0.3) is 5.78 Å². The third-order valence-electron chi connectivity index (χ3n) is 3.61. The summed E-state index contributed by atoms with van der Waals surface area (Å²) in [6, 6.07) is 7.87. The van der Waals surface area contributed by atoms with Gasteiger partial charge in [-0.25, -0.2) is 9.66 Å². The maximum atomic E-state index is 12.6. The maximum absolute atomic E-state index is 12.6. The van der Waals surface area contributed by atoms with E-state index in [4.69, 9.17) is 10.6 Å². The van der Waals surface area contributed by atoms with Gasteiger partial charge in [0.15, 0.2) is 5.76 Å². The summed E-state index contributed by atoms with van der Waals surface area (Å²) < 4.78 is 7.04. The average Bonchev–Trinajstić information content (AvgIpc) is 3.28. The maximum Gasteiger partial charge on any atom is 0.266 e. The molecule has 1 aromatic heterocycles. The Morgan fingerprint density at radius 3 is 2.83 bits per heavy atom. The summed E-state index contributed by atoms with van der Waals surface area (Å²) in [5.74, 6) is 6.94. The van der Waals surface area contributed by atoms with Gasteiger partial charge in [0.05, 0.1) is 0 Å². The van der Waals surface area contributed by atoms with Gasteiger partial charge in [0.1, 0.15) is 5.75 Å². The van der Waals surface area contributed by atoms with Gasteiger partial charge < -0.3 is 15.5 Å². The smallest absolute Gasteiger partial charge is 0.266 e. The summed E-state index contributed by atoms with van der Waals surface area (Å²) in [6.45, 7) is 0. The minimum Gasteiger partial charge on any atom is -0.452 e. The molecule has 0 bridgehead atoms. The van der Waals surface area contributed by atoms with Crippen molar-refractivity contribution < 1.29 is 9.53 Å². The summed E-state index contributed by atoms with van der Waals surface area (Å²) >= 11 is 0. The van der Waals surface area contributed by atoms with Gasteiger partial charge in [-0.05, 0) is 36.5 Å². The van der Waals surface area contributed by atoms with Gasteiger partial charge in [-0.3, -0.25) is 4.79 Å². The van der Waals surface area contributed by atoms with Crippen molar-refractivity contribution in [3.05, 3.63) is 60.0 Å². The molecule has 1 aliphatic carbocycles. The summed E-state index contributed by atoms with van der Waals surface area (Å²) in [5, 5.41) is 0. The normalized spacial score (nSPS) is 14.6. The monoisotopic (exact) mass is 312 g/mol. The first-order valence-corrected chi connectivity index (χ1v) is 7.54. The topological polar surface area (TPSA) is 73.4 Å². The van der Waals surface area contributed by atoms with Gasteiger partial charge in [-0.1, -0.05) is 12.1 Å². The number of hydrogen-bond acceptors (Lipinski definition) is 5. The zero-order valence-corrected chi connectivity index (χ0v) is 13.3. The van der Waals surface area contributed by atoms with Crippen molar-refractivity contribution in [2.24, 2.45) is 0 Å².